The van der Waals surface area contributed by atoms with Gasteiger partial charge < -0.3 is 10.5 Å². The lowest BCUT2D eigenvalue weighted by Gasteiger charge is -2.07. The number of thioether (sulfide) groups is 1. The summed E-state index contributed by atoms with van der Waals surface area (Å²) in [5.74, 6) is 0.467. The molecule has 1 heterocycles. The van der Waals surface area contributed by atoms with Gasteiger partial charge in [0.15, 0.2) is 5.16 Å². The predicted octanol–water partition coefficient (Wildman–Crippen LogP) is 3.37. The van der Waals surface area contributed by atoms with E-state index in [9.17, 15) is 4.39 Å². The van der Waals surface area contributed by atoms with E-state index in [1.807, 2.05) is 6.26 Å². The molecular weight excluding hydrogens is 277 g/mol. The number of aromatic nitrogens is 2. The smallest absolute Gasteiger partial charge is 0.225 e. The molecule has 2 aromatic rings. The van der Waals surface area contributed by atoms with Crippen molar-refractivity contribution in [3.05, 3.63) is 35.1 Å². The molecule has 94 valence electrons. The number of hydrogen-bond acceptors (Lipinski definition) is 5. The van der Waals surface area contributed by atoms with Gasteiger partial charge in [0, 0.05) is 12.1 Å². The Kier molecular flexibility index (Phi) is 3.88. The van der Waals surface area contributed by atoms with Crippen LogP contribution in [0.5, 0.6) is 11.6 Å². The van der Waals surface area contributed by atoms with Gasteiger partial charge >= 0.3 is 0 Å². The molecule has 4 nitrogen and oxygen atoms in total. The predicted molar refractivity (Wildman–Crippen MR) is 69.7 cm³/mol. The fourth-order valence-corrected chi connectivity index (χ4v) is 1.77. The molecule has 0 spiro atoms. The number of hydrogen-bond donors (Lipinski definition) is 1. The van der Waals surface area contributed by atoms with Crippen LogP contribution in [0.15, 0.2) is 29.4 Å². The van der Waals surface area contributed by atoms with E-state index >= 15 is 0 Å². The van der Waals surface area contributed by atoms with Gasteiger partial charge in [-0.2, -0.15) is 4.98 Å². The van der Waals surface area contributed by atoms with Crippen LogP contribution in [-0.2, 0) is 0 Å². The number of nitrogens with two attached hydrogens (primary N) is 1. The van der Waals surface area contributed by atoms with Crippen molar-refractivity contribution in [2.75, 3.05) is 12.0 Å². The van der Waals surface area contributed by atoms with Crippen LogP contribution in [0.2, 0.25) is 5.02 Å². The number of halogens is 2. The van der Waals surface area contributed by atoms with Crippen LogP contribution < -0.4 is 10.5 Å². The Bertz CT molecular complexity index is 582. The lowest BCUT2D eigenvalue weighted by molar-refractivity contribution is 0.455. The highest BCUT2D eigenvalue weighted by Gasteiger charge is 2.06. The molecule has 1 aromatic carbocycles. The highest BCUT2D eigenvalue weighted by molar-refractivity contribution is 7.98. The van der Waals surface area contributed by atoms with E-state index in [2.05, 4.69) is 9.97 Å². The normalized spacial score (nSPS) is 10.4. The molecule has 0 aliphatic rings. The minimum absolute atomic E-state index is 0.0142. The Balaban J connectivity index is 2.27. The average Bonchev–Trinajstić information content (AvgIpc) is 2.33. The number of nitrogen functional groups attached to an aromatic ring is 1. The lowest BCUT2D eigenvalue weighted by atomic mass is 10.3. The van der Waals surface area contributed by atoms with Crippen molar-refractivity contribution >= 4 is 29.2 Å². The fraction of sp³-hybridized carbons (Fsp3) is 0.0909. The minimum atomic E-state index is -0.504. The first-order valence-corrected chi connectivity index (χ1v) is 6.50. The van der Waals surface area contributed by atoms with E-state index in [0.717, 1.165) is 0 Å². The maximum absolute atomic E-state index is 13.0. The number of nitrogens with zero attached hydrogens (tertiary/aromatic N) is 2. The second-order valence-corrected chi connectivity index (χ2v) is 4.48. The summed E-state index contributed by atoms with van der Waals surface area (Å²) in [5, 5.41) is 0.484. The van der Waals surface area contributed by atoms with E-state index in [1.165, 1.54) is 36.0 Å². The second-order valence-electron chi connectivity index (χ2n) is 3.30. The van der Waals surface area contributed by atoms with E-state index in [0.29, 0.717) is 16.7 Å². The minimum Gasteiger partial charge on any atom is -0.439 e. The molecule has 0 saturated heterocycles. The third-order valence-electron chi connectivity index (χ3n) is 2.00. The van der Waals surface area contributed by atoms with Crippen LogP contribution >= 0.6 is 23.4 Å². The third kappa shape index (κ3) is 3.02. The Labute approximate surface area is 112 Å². The van der Waals surface area contributed by atoms with Gasteiger partial charge in [0.05, 0.1) is 5.02 Å². The van der Waals surface area contributed by atoms with Crippen LogP contribution in [-0.4, -0.2) is 16.2 Å². The van der Waals surface area contributed by atoms with Crippen LogP contribution in [0.4, 0.5) is 10.2 Å². The summed E-state index contributed by atoms with van der Waals surface area (Å²) in [4.78, 5) is 8.10. The van der Waals surface area contributed by atoms with Crippen LogP contribution in [0, 0.1) is 5.82 Å². The topological polar surface area (TPSA) is 61.0 Å². The molecule has 0 aliphatic heterocycles. The summed E-state index contributed by atoms with van der Waals surface area (Å²) < 4.78 is 18.4. The first-order valence-electron chi connectivity index (χ1n) is 4.90. The second kappa shape index (κ2) is 5.41. The molecule has 0 amide bonds. The summed E-state index contributed by atoms with van der Waals surface area (Å²) in [6, 6.07) is 5.53. The SMILES string of the molecule is CSc1nc(N)cc(Oc2ccc(F)c(Cl)c2)n1. The average molecular weight is 286 g/mol. The first-order chi connectivity index (χ1) is 8.58. The molecular formula is C11H9ClFN3OS. The number of rotatable bonds is 3. The van der Waals surface area contributed by atoms with Crippen molar-refractivity contribution in [3.8, 4) is 11.6 Å². The van der Waals surface area contributed by atoms with Gasteiger partial charge in [-0.1, -0.05) is 23.4 Å². The number of ether oxygens (including phenoxy) is 1. The van der Waals surface area contributed by atoms with E-state index in [4.69, 9.17) is 22.1 Å². The van der Waals surface area contributed by atoms with Gasteiger partial charge in [-0.05, 0) is 18.4 Å². The molecule has 1 aromatic heterocycles. The maximum Gasteiger partial charge on any atom is 0.225 e. The van der Waals surface area contributed by atoms with Gasteiger partial charge in [-0.25, -0.2) is 9.37 Å². The molecule has 0 aliphatic carbocycles. The Morgan fingerprint density at radius 1 is 1.33 bits per heavy atom. The summed E-state index contributed by atoms with van der Waals surface area (Å²) in [5.41, 5.74) is 5.61. The molecule has 0 bridgehead atoms. The largest absolute Gasteiger partial charge is 0.439 e. The van der Waals surface area contributed by atoms with Gasteiger partial charge in [0.1, 0.15) is 17.4 Å². The van der Waals surface area contributed by atoms with Crippen molar-refractivity contribution in [2.24, 2.45) is 0 Å². The third-order valence-corrected chi connectivity index (χ3v) is 2.84. The number of anilines is 1. The summed E-state index contributed by atoms with van der Waals surface area (Å²) in [7, 11) is 0. The lowest BCUT2D eigenvalue weighted by Crippen LogP contribution is -1.97. The first kappa shape index (κ1) is 12.9. The molecule has 2 N–H and O–H groups in total. The van der Waals surface area contributed by atoms with Crippen molar-refractivity contribution in [1.29, 1.82) is 0 Å². The zero-order chi connectivity index (χ0) is 13.1. The summed E-state index contributed by atoms with van der Waals surface area (Å²) in [6.07, 6.45) is 1.83. The Morgan fingerprint density at radius 3 is 2.78 bits per heavy atom. The summed E-state index contributed by atoms with van der Waals surface area (Å²) in [6.45, 7) is 0. The molecule has 2 rings (SSSR count). The van der Waals surface area contributed by atoms with Crippen LogP contribution in [0.25, 0.3) is 0 Å². The van der Waals surface area contributed by atoms with E-state index in [-0.39, 0.29) is 10.9 Å². The fourth-order valence-electron chi connectivity index (χ4n) is 1.23. The Hall–Kier alpha value is -1.53. The standard InChI is InChI=1S/C11H9ClFN3OS/c1-18-11-15-9(14)5-10(16-11)17-6-2-3-8(13)7(12)4-6/h2-5H,1H3,(H2,14,15,16). The summed E-state index contributed by atoms with van der Waals surface area (Å²) >= 11 is 7.00. The Morgan fingerprint density at radius 2 is 2.11 bits per heavy atom. The molecule has 0 saturated carbocycles. The highest BCUT2D eigenvalue weighted by Crippen LogP contribution is 2.26. The molecule has 0 radical (unpaired) electrons. The van der Waals surface area contributed by atoms with Gasteiger partial charge in [-0.15, -0.1) is 0 Å². The van der Waals surface area contributed by atoms with Gasteiger partial charge in [-0.3, -0.25) is 0 Å². The molecule has 7 heteroatoms. The van der Waals surface area contributed by atoms with Crippen molar-refractivity contribution in [2.45, 2.75) is 5.16 Å². The van der Waals surface area contributed by atoms with Gasteiger partial charge in [0.2, 0.25) is 5.88 Å². The van der Waals surface area contributed by atoms with Crippen molar-refractivity contribution < 1.29 is 9.13 Å². The monoisotopic (exact) mass is 285 g/mol. The van der Waals surface area contributed by atoms with Crippen LogP contribution in [0.3, 0.4) is 0 Å². The molecule has 0 fully saturated rings. The molecule has 0 unspecified atom stereocenters. The number of benzene rings is 1. The van der Waals surface area contributed by atoms with E-state index in [1.54, 1.807) is 0 Å². The zero-order valence-electron chi connectivity index (χ0n) is 9.35. The quantitative estimate of drug-likeness (QED) is 0.692. The van der Waals surface area contributed by atoms with Crippen LogP contribution in [0.1, 0.15) is 0 Å². The molecule has 0 atom stereocenters. The van der Waals surface area contributed by atoms with Crippen molar-refractivity contribution in [3.63, 3.8) is 0 Å². The molecule has 18 heavy (non-hydrogen) atoms. The maximum atomic E-state index is 13.0. The zero-order valence-corrected chi connectivity index (χ0v) is 10.9. The van der Waals surface area contributed by atoms with Crippen molar-refractivity contribution in [1.82, 2.24) is 9.97 Å². The van der Waals surface area contributed by atoms with E-state index < -0.39 is 5.82 Å². The van der Waals surface area contributed by atoms with Gasteiger partial charge in [0.25, 0.3) is 0 Å². The highest BCUT2D eigenvalue weighted by atomic mass is 35.5.